The summed E-state index contributed by atoms with van der Waals surface area (Å²) in [6.07, 6.45) is 0. The second kappa shape index (κ2) is 7.37. The van der Waals surface area contributed by atoms with E-state index in [0.717, 1.165) is 53.7 Å². The van der Waals surface area contributed by atoms with Gasteiger partial charge in [-0.3, -0.25) is 0 Å². The molecule has 0 amide bonds. The first-order valence-electron chi connectivity index (χ1n) is 9.79. The molecule has 2 aromatic heterocycles. The minimum atomic E-state index is 0.303. The lowest BCUT2D eigenvalue weighted by molar-refractivity contribution is 0.475. The van der Waals surface area contributed by atoms with Crippen LogP contribution in [0.25, 0.3) is 21.3 Å². The van der Waals surface area contributed by atoms with E-state index in [1.165, 1.54) is 11.1 Å². The van der Waals surface area contributed by atoms with Gasteiger partial charge in [-0.1, -0.05) is 30.3 Å². The number of aryl methyl sites for hydroxylation is 1. The van der Waals surface area contributed by atoms with Crippen molar-refractivity contribution < 1.29 is 5.11 Å². The Balaban J connectivity index is 1.47. The van der Waals surface area contributed by atoms with Crippen LogP contribution in [-0.2, 0) is 0 Å². The summed E-state index contributed by atoms with van der Waals surface area (Å²) in [6.45, 7) is 5.60. The lowest BCUT2D eigenvalue weighted by Crippen LogP contribution is -2.47. The zero-order valence-corrected chi connectivity index (χ0v) is 17.1. The minimum absolute atomic E-state index is 0.303. The van der Waals surface area contributed by atoms with E-state index < -0.39 is 0 Å². The average molecular weight is 403 g/mol. The van der Waals surface area contributed by atoms with Crippen molar-refractivity contribution >= 4 is 33.1 Å². The van der Waals surface area contributed by atoms with Crippen LogP contribution in [0.4, 0.5) is 11.5 Å². The Bertz CT molecular complexity index is 1130. The summed E-state index contributed by atoms with van der Waals surface area (Å²) in [5.74, 6) is 2.16. The van der Waals surface area contributed by atoms with E-state index in [4.69, 9.17) is 9.97 Å². The summed E-state index contributed by atoms with van der Waals surface area (Å²) >= 11 is 1.69. The molecule has 1 saturated heterocycles. The van der Waals surface area contributed by atoms with Gasteiger partial charge in [0.15, 0.2) is 0 Å². The molecule has 3 heterocycles. The number of phenols is 1. The van der Waals surface area contributed by atoms with E-state index in [1.807, 2.05) is 25.1 Å². The summed E-state index contributed by atoms with van der Waals surface area (Å²) in [5.41, 5.74) is 3.56. The van der Waals surface area contributed by atoms with Gasteiger partial charge >= 0.3 is 0 Å². The highest BCUT2D eigenvalue weighted by molar-refractivity contribution is 7.17. The Morgan fingerprint density at radius 2 is 1.55 bits per heavy atom. The fourth-order valence-electron chi connectivity index (χ4n) is 3.93. The first kappa shape index (κ1) is 17.9. The molecule has 1 N–H and O–H groups in total. The van der Waals surface area contributed by atoms with Gasteiger partial charge in [0.25, 0.3) is 0 Å². The molecule has 0 bridgehead atoms. The number of phenolic OH excluding ortho intramolecular Hbond substituents is 1. The third-order valence-electron chi connectivity index (χ3n) is 5.41. The quantitative estimate of drug-likeness (QED) is 0.538. The number of hydrogen-bond donors (Lipinski definition) is 1. The molecule has 0 unspecified atom stereocenters. The lowest BCUT2D eigenvalue weighted by Gasteiger charge is -2.37. The van der Waals surface area contributed by atoms with Gasteiger partial charge in [-0.15, -0.1) is 11.3 Å². The largest absolute Gasteiger partial charge is 0.508 e. The normalized spacial score (nSPS) is 14.5. The Morgan fingerprint density at radius 1 is 0.862 bits per heavy atom. The SMILES string of the molecule is Cc1nc(N2CCN(c3ccc(O)cc3)CC2)c2c(-c3ccccc3)csc2n1. The number of rotatable bonds is 3. The number of fused-ring (bicyclic) bond motifs is 1. The van der Waals surface area contributed by atoms with Crippen molar-refractivity contribution in [2.75, 3.05) is 36.0 Å². The Labute approximate surface area is 173 Å². The third kappa shape index (κ3) is 3.40. The molecule has 0 saturated carbocycles. The molecule has 146 valence electrons. The van der Waals surface area contributed by atoms with Crippen LogP contribution in [0, 0.1) is 6.92 Å². The van der Waals surface area contributed by atoms with E-state index in [0.29, 0.717) is 5.75 Å². The second-order valence-corrected chi connectivity index (χ2v) is 8.14. The van der Waals surface area contributed by atoms with E-state index >= 15 is 0 Å². The van der Waals surface area contributed by atoms with Crippen LogP contribution in [-0.4, -0.2) is 41.3 Å². The molecule has 6 heteroatoms. The van der Waals surface area contributed by atoms with Crippen LogP contribution in [0.3, 0.4) is 0 Å². The molecule has 4 aromatic rings. The smallest absolute Gasteiger partial charge is 0.141 e. The molecular formula is C23H22N4OS. The van der Waals surface area contributed by atoms with Crippen molar-refractivity contribution in [3.8, 4) is 16.9 Å². The van der Waals surface area contributed by atoms with Crippen LogP contribution < -0.4 is 9.80 Å². The van der Waals surface area contributed by atoms with Crippen LogP contribution in [0.2, 0.25) is 0 Å². The number of hydrogen-bond acceptors (Lipinski definition) is 6. The number of piperazine rings is 1. The van der Waals surface area contributed by atoms with E-state index in [9.17, 15) is 5.11 Å². The molecule has 0 spiro atoms. The van der Waals surface area contributed by atoms with Gasteiger partial charge in [-0.25, -0.2) is 9.97 Å². The maximum Gasteiger partial charge on any atom is 0.141 e. The molecule has 5 rings (SSSR count). The predicted octanol–water partition coefficient (Wildman–Crippen LogP) is 4.70. The highest BCUT2D eigenvalue weighted by Crippen LogP contribution is 2.38. The average Bonchev–Trinajstić information content (AvgIpc) is 3.18. The van der Waals surface area contributed by atoms with Gasteiger partial charge in [-0.2, -0.15) is 0 Å². The predicted molar refractivity (Wildman–Crippen MR) is 120 cm³/mol. The number of benzene rings is 2. The van der Waals surface area contributed by atoms with Gasteiger partial charge < -0.3 is 14.9 Å². The zero-order valence-electron chi connectivity index (χ0n) is 16.2. The van der Waals surface area contributed by atoms with Gasteiger partial charge in [0.1, 0.15) is 22.2 Å². The Kier molecular flexibility index (Phi) is 4.56. The maximum absolute atomic E-state index is 9.53. The van der Waals surface area contributed by atoms with Crippen molar-refractivity contribution in [2.45, 2.75) is 6.92 Å². The highest BCUT2D eigenvalue weighted by atomic mass is 32.1. The van der Waals surface area contributed by atoms with Gasteiger partial charge in [0.2, 0.25) is 0 Å². The molecule has 5 nitrogen and oxygen atoms in total. The van der Waals surface area contributed by atoms with Crippen molar-refractivity contribution in [3.63, 3.8) is 0 Å². The Hall–Kier alpha value is -3.12. The third-order valence-corrected chi connectivity index (χ3v) is 6.28. The summed E-state index contributed by atoms with van der Waals surface area (Å²) in [7, 11) is 0. The standard InChI is InChI=1S/C23H22N4OS/c1-16-24-22(21-20(15-29-23(21)25-16)17-5-3-2-4-6-17)27-13-11-26(12-14-27)18-7-9-19(28)10-8-18/h2-10,15,28H,11-14H2,1H3. The molecule has 29 heavy (non-hydrogen) atoms. The molecule has 0 radical (unpaired) electrons. The Morgan fingerprint density at radius 3 is 2.28 bits per heavy atom. The zero-order chi connectivity index (χ0) is 19.8. The van der Waals surface area contributed by atoms with Gasteiger partial charge in [0, 0.05) is 42.8 Å². The van der Waals surface area contributed by atoms with Crippen molar-refractivity contribution in [3.05, 3.63) is 65.8 Å². The molecule has 0 atom stereocenters. The highest BCUT2D eigenvalue weighted by Gasteiger charge is 2.23. The summed E-state index contributed by atoms with van der Waals surface area (Å²) < 4.78 is 0. The maximum atomic E-state index is 9.53. The van der Waals surface area contributed by atoms with E-state index in [2.05, 4.69) is 39.4 Å². The summed E-state index contributed by atoms with van der Waals surface area (Å²) in [4.78, 5) is 15.3. The summed E-state index contributed by atoms with van der Waals surface area (Å²) in [5, 5.41) is 12.9. The van der Waals surface area contributed by atoms with Crippen LogP contribution in [0.15, 0.2) is 60.0 Å². The van der Waals surface area contributed by atoms with Crippen LogP contribution in [0.1, 0.15) is 5.82 Å². The minimum Gasteiger partial charge on any atom is -0.508 e. The van der Waals surface area contributed by atoms with Gasteiger partial charge in [-0.05, 0) is 36.8 Å². The fourth-order valence-corrected chi connectivity index (χ4v) is 4.91. The van der Waals surface area contributed by atoms with Crippen molar-refractivity contribution in [1.29, 1.82) is 0 Å². The number of aromatic nitrogens is 2. The summed E-state index contributed by atoms with van der Waals surface area (Å²) in [6, 6.07) is 17.9. The monoisotopic (exact) mass is 402 g/mol. The first-order valence-corrected chi connectivity index (χ1v) is 10.7. The van der Waals surface area contributed by atoms with Crippen molar-refractivity contribution in [2.24, 2.45) is 0 Å². The molecule has 2 aromatic carbocycles. The topological polar surface area (TPSA) is 52.5 Å². The number of anilines is 2. The molecule has 0 aliphatic carbocycles. The van der Waals surface area contributed by atoms with Gasteiger partial charge in [0.05, 0.1) is 5.39 Å². The molecule has 1 fully saturated rings. The first-order chi connectivity index (χ1) is 14.2. The van der Waals surface area contributed by atoms with Crippen molar-refractivity contribution in [1.82, 2.24) is 9.97 Å². The second-order valence-electron chi connectivity index (χ2n) is 7.28. The molecule has 1 aliphatic rings. The fraction of sp³-hybridized carbons (Fsp3) is 0.217. The molecule has 1 aliphatic heterocycles. The number of aromatic hydroxyl groups is 1. The van der Waals surface area contributed by atoms with Crippen LogP contribution in [0.5, 0.6) is 5.75 Å². The van der Waals surface area contributed by atoms with E-state index in [1.54, 1.807) is 23.5 Å². The molecular weight excluding hydrogens is 380 g/mol. The number of thiophene rings is 1. The van der Waals surface area contributed by atoms with E-state index in [-0.39, 0.29) is 0 Å². The van der Waals surface area contributed by atoms with Crippen LogP contribution >= 0.6 is 11.3 Å². The number of nitrogens with zero attached hydrogens (tertiary/aromatic N) is 4. The lowest BCUT2D eigenvalue weighted by atomic mass is 10.1.